The standard InChI is InChI=1S/C16H9BrClN3/c17-10-5-6-12-9(7-10)8-11(15(18)19-12)16-20-13-3-1-2-4-14(13)21-16/h1-8H,(H,20,21). The lowest BCUT2D eigenvalue weighted by molar-refractivity contribution is 1.31. The maximum Gasteiger partial charge on any atom is 0.141 e. The fourth-order valence-electron chi connectivity index (χ4n) is 2.37. The van der Waals surface area contributed by atoms with E-state index in [4.69, 9.17) is 11.6 Å². The SMILES string of the molecule is Clc1nc2ccc(Br)cc2cc1-c1nc2ccccc2[nH]1. The van der Waals surface area contributed by atoms with Gasteiger partial charge in [-0.25, -0.2) is 9.97 Å². The number of imidazole rings is 1. The van der Waals surface area contributed by atoms with Crippen LogP contribution in [0.25, 0.3) is 33.3 Å². The molecule has 0 saturated heterocycles. The smallest absolute Gasteiger partial charge is 0.141 e. The Bertz CT molecular complexity index is 945. The van der Waals surface area contributed by atoms with E-state index in [1.807, 2.05) is 48.5 Å². The Morgan fingerprint density at radius 2 is 1.81 bits per heavy atom. The van der Waals surface area contributed by atoms with Crippen molar-refractivity contribution in [2.45, 2.75) is 0 Å². The van der Waals surface area contributed by atoms with Crippen molar-refractivity contribution in [2.75, 3.05) is 0 Å². The summed E-state index contributed by atoms with van der Waals surface area (Å²) < 4.78 is 1.01. The molecule has 0 radical (unpaired) electrons. The molecule has 4 rings (SSSR count). The first-order valence-corrected chi connectivity index (χ1v) is 7.59. The molecule has 0 fully saturated rings. The number of para-hydroxylation sites is 2. The highest BCUT2D eigenvalue weighted by molar-refractivity contribution is 9.10. The molecule has 4 aromatic rings. The molecule has 3 nitrogen and oxygen atoms in total. The summed E-state index contributed by atoms with van der Waals surface area (Å²) in [7, 11) is 0. The molecule has 0 unspecified atom stereocenters. The number of H-pyrrole nitrogens is 1. The van der Waals surface area contributed by atoms with Crippen molar-refractivity contribution in [3.05, 3.63) is 58.2 Å². The van der Waals surface area contributed by atoms with E-state index in [0.29, 0.717) is 5.15 Å². The molecule has 0 amide bonds. The lowest BCUT2D eigenvalue weighted by Crippen LogP contribution is -1.88. The number of benzene rings is 2. The summed E-state index contributed by atoms with van der Waals surface area (Å²) in [4.78, 5) is 12.3. The zero-order valence-electron chi connectivity index (χ0n) is 10.8. The Hall–Kier alpha value is -1.91. The molecule has 2 aromatic carbocycles. The number of aromatic amines is 1. The summed E-state index contributed by atoms with van der Waals surface area (Å²) in [5, 5.41) is 1.47. The lowest BCUT2D eigenvalue weighted by atomic mass is 10.1. The third-order valence-electron chi connectivity index (χ3n) is 3.37. The third kappa shape index (κ3) is 2.20. The predicted molar refractivity (Wildman–Crippen MR) is 89.5 cm³/mol. The van der Waals surface area contributed by atoms with E-state index in [1.165, 1.54) is 0 Å². The molecule has 0 spiro atoms. The van der Waals surface area contributed by atoms with Gasteiger partial charge in [-0.2, -0.15) is 0 Å². The van der Waals surface area contributed by atoms with Crippen LogP contribution in [0.5, 0.6) is 0 Å². The van der Waals surface area contributed by atoms with Crippen LogP contribution in [0.2, 0.25) is 5.15 Å². The Balaban J connectivity index is 1.98. The Kier molecular flexibility index (Phi) is 2.94. The minimum Gasteiger partial charge on any atom is -0.338 e. The predicted octanol–water partition coefficient (Wildman–Crippen LogP) is 5.19. The first-order chi connectivity index (χ1) is 10.2. The third-order valence-corrected chi connectivity index (χ3v) is 4.16. The van der Waals surface area contributed by atoms with E-state index in [9.17, 15) is 0 Å². The van der Waals surface area contributed by atoms with Crippen LogP contribution in [0.15, 0.2) is 53.0 Å². The molecule has 2 aromatic heterocycles. The summed E-state index contributed by atoms with van der Waals surface area (Å²) in [6, 6.07) is 15.8. The summed E-state index contributed by atoms with van der Waals surface area (Å²) in [6.45, 7) is 0. The molecule has 0 saturated carbocycles. The van der Waals surface area contributed by atoms with Gasteiger partial charge in [0.25, 0.3) is 0 Å². The molecular weight excluding hydrogens is 350 g/mol. The van der Waals surface area contributed by atoms with E-state index >= 15 is 0 Å². The summed E-state index contributed by atoms with van der Waals surface area (Å²) >= 11 is 9.80. The van der Waals surface area contributed by atoms with Crippen molar-refractivity contribution in [1.29, 1.82) is 0 Å². The highest BCUT2D eigenvalue weighted by atomic mass is 79.9. The van der Waals surface area contributed by atoms with Gasteiger partial charge in [-0.1, -0.05) is 39.7 Å². The van der Waals surface area contributed by atoms with E-state index < -0.39 is 0 Å². The maximum absolute atomic E-state index is 6.32. The number of fused-ring (bicyclic) bond motifs is 2. The molecule has 2 heterocycles. The van der Waals surface area contributed by atoms with E-state index in [0.717, 1.165) is 37.8 Å². The second-order valence-electron chi connectivity index (χ2n) is 4.77. The monoisotopic (exact) mass is 357 g/mol. The molecule has 0 aliphatic carbocycles. The van der Waals surface area contributed by atoms with Crippen molar-refractivity contribution in [2.24, 2.45) is 0 Å². The number of aromatic nitrogens is 3. The van der Waals surface area contributed by atoms with Gasteiger partial charge in [0.05, 0.1) is 22.1 Å². The summed E-state index contributed by atoms with van der Waals surface area (Å²) in [5.41, 5.74) is 3.57. The highest BCUT2D eigenvalue weighted by Gasteiger charge is 2.11. The van der Waals surface area contributed by atoms with Gasteiger partial charge in [0.2, 0.25) is 0 Å². The lowest BCUT2D eigenvalue weighted by Gasteiger charge is -2.04. The summed E-state index contributed by atoms with van der Waals surface area (Å²) in [5.74, 6) is 0.732. The molecule has 0 aliphatic rings. The van der Waals surface area contributed by atoms with Gasteiger partial charge in [0, 0.05) is 9.86 Å². The van der Waals surface area contributed by atoms with Gasteiger partial charge in [-0.3, -0.25) is 0 Å². The second-order valence-corrected chi connectivity index (χ2v) is 6.04. The van der Waals surface area contributed by atoms with Gasteiger partial charge in [0.15, 0.2) is 0 Å². The maximum atomic E-state index is 6.32. The van der Waals surface area contributed by atoms with Crippen LogP contribution in [-0.4, -0.2) is 15.0 Å². The van der Waals surface area contributed by atoms with Gasteiger partial charge in [-0.05, 0) is 36.4 Å². The zero-order chi connectivity index (χ0) is 14.4. The van der Waals surface area contributed by atoms with E-state index in [2.05, 4.69) is 30.9 Å². The van der Waals surface area contributed by atoms with Crippen molar-refractivity contribution in [3.8, 4) is 11.4 Å². The van der Waals surface area contributed by atoms with Crippen molar-refractivity contribution in [3.63, 3.8) is 0 Å². The number of nitrogens with zero attached hydrogens (tertiary/aromatic N) is 2. The molecule has 0 bridgehead atoms. The van der Waals surface area contributed by atoms with Crippen molar-refractivity contribution < 1.29 is 0 Å². The van der Waals surface area contributed by atoms with Crippen LogP contribution >= 0.6 is 27.5 Å². The van der Waals surface area contributed by atoms with Gasteiger partial charge < -0.3 is 4.98 Å². The number of hydrogen-bond acceptors (Lipinski definition) is 2. The summed E-state index contributed by atoms with van der Waals surface area (Å²) in [6.07, 6.45) is 0. The van der Waals surface area contributed by atoms with Crippen molar-refractivity contribution >= 4 is 49.5 Å². The molecule has 102 valence electrons. The average molecular weight is 359 g/mol. The number of halogens is 2. The average Bonchev–Trinajstić information content (AvgIpc) is 2.90. The molecular formula is C16H9BrClN3. The number of pyridine rings is 1. The normalized spacial score (nSPS) is 11.3. The van der Waals surface area contributed by atoms with E-state index in [-0.39, 0.29) is 0 Å². The first-order valence-electron chi connectivity index (χ1n) is 6.42. The van der Waals surface area contributed by atoms with Gasteiger partial charge in [0.1, 0.15) is 11.0 Å². The fourth-order valence-corrected chi connectivity index (χ4v) is 2.98. The van der Waals surface area contributed by atoms with E-state index in [1.54, 1.807) is 0 Å². The quantitative estimate of drug-likeness (QED) is 0.475. The second kappa shape index (κ2) is 4.83. The largest absolute Gasteiger partial charge is 0.338 e. The number of nitrogens with one attached hydrogen (secondary N) is 1. The molecule has 5 heteroatoms. The van der Waals surface area contributed by atoms with Crippen LogP contribution in [0.1, 0.15) is 0 Å². The van der Waals surface area contributed by atoms with Crippen LogP contribution in [0, 0.1) is 0 Å². The Morgan fingerprint density at radius 3 is 2.67 bits per heavy atom. The van der Waals surface area contributed by atoms with Gasteiger partial charge >= 0.3 is 0 Å². The van der Waals surface area contributed by atoms with Crippen LogP contribution in [0.4, 0.5) is 0 Å². The zero-order valence-corrected chi connectivity index (χ0v) is 13.1. The minimum atomic E-state index is 0.448. The topological polar surface area (TPSA) is 41.6 Å². The fraction of sp³-hybridized carbons (Fsp3) is 0. The Morgan fingerprint density at radius 1 is 0.952 bits per heavy atom. The molecule has 0 aliphatic heterocycles. The van der Waals surface area contributed by atoms with Crippen LogP contribution in [-0.2, 0) is 0 Å². The Labute approximate surface area is 134 Å². The molecule has 21 heavy (non-hydrogen) atoms. The minimum absolute atomic E-state index is 0.448. The molecule has 1 N–H and O–H groups in total. The number of rotatable bonds is 1. The highest BCUT2D eigenvalue weighted by Crippen LogP contribution is 2.30. The van der Waals surface area contributed by atoms with Gasteiger partial charge in [-0.15, -0.1) is 0 Å². The number of hydrogen-bond donors (Lipinski definition) is 1. The first kappa shape index (κ1) is 12.8. The van der Waals surface area contributed by atoms with Crippen molar-refractivity contribution in [1.82, 2.24) is 15.0 Å². The molecule has 0 atom stereocenters. The van der Waals surface area contributed by atoms with Crippen LogP contribution in [0.3, 0.4) is 0 Å². The van der Waals surface area contributed by atoms with Crippen LogP contribution < -0.4 is 0 Å².